The second kappa shape index (κ2) is 2.91. The predicted molar refractivity (Wildman–Crippen MR) is 57.8 cm³/mol. The van der Waals surface area contributed by atoms with E-state index in [1.54, 1.807) is 13.8 Å². The molecule has 2 heteroatoms. The van der Waals surface area contributed by atoms with Gasteiger partial charge in [-0.2, -0.15) is 0 Å². The van der Waals surface area contributed by atoms with Crippen LogP contribution < -0.4 is 0 Å². The van der Waals surface area contributed by atoms with Gasteiger partial charge in [0.2, 0.25) is 0 Å². The van der Waals surface area contributed by atoms with Crippen LogP contribution in [0.15, 0.2) is 6.07 Å². The molecule has 0 heterocycles. The Labute approximate surface area is 89.3 Å². The molecule has 0 fully saturated rings. The van der Waals surface area contributed by atoms with Crippen molar-refractivity contribution in [3.63, 3.8) is 0 Å². The molecule has 0 atom stereocenters. The number of carbonyl (C=O) groups is 1. The van der Waals surface area contributed by atoms with Gasteiger partial charge in [0.15, 0.2) is 5.78 Å². The molecule has 0 bridgehead atoms. The first-order chi connectivity index (χ1) is 6.84. The van der Waals surface area contributed by atoms with Gasteiger partial charge in [0.05, 0.1) is 0 Å². The summed E-state index contributed by atoms with van der Waals surface area (Å²) in [7, 11) is 0. The molecule has 2 rings (SSSR count). The van der Waals surface area contributed by atoms with Crippen LogP contribution in [-0.2, 0) is 5.41 Å². The minimum atomic E-state index is -0.236. The van der Waals surface area contributed by atoms with E-state index >= 15 is 0 Å². The molecule has 0 amide bonds. The van der Waals surface area contributed by atoms with Gasteiger partial charge < -0.3 is 0 Å². The fraction of sp³-hybridized carbons (Fsp3) is 0.462. The predicted octanol–water partition coefficient (Wildman–Crippen LogP) is 3.31. The molecule has 0 aromatic heterocycles. The van der Waals surface area contributed by atoms with Gasteiger partial charge in [-0.15, -0.1) is 0 Å². The number of ketones is 1. The molecule has 15 heavy (non-hydrogen) atoms. The molecular weight excluding hydrogens is 191 g/mol. The molecule has 0 N–H and O–H groups in total. The summed E-state index contributed by atoms with van der Waals surface area (Å²) >= 11 is 0. The van der Waals surface area contributed by atoms with E-state index in [4.69, 9.17) is 0 Å². The lowest BCUT2D eigenvalue weighted by Crippen LogP contribution is -2.13. The summed E-state index contributed by atoms with van der Waals surface area (Å²) in [5.41, 5.74) is 2.62. The summed E-state index contributed by atoms with van der Waals surface area (Å²) in [5, 5.41) is 0. The second-order valence-corrected chi connectivity index (χ2v) is 5.04. The maximum Gasteiger partial charge on any atom is 0.164 e. The van der Waals surface area contributed by atoms with Gasteiger partial charge in [-0.1, -0.05) is 19.9 Å². The van der Waals surface area contributed by atoms with Crippen LogP contribution in [0, 0.1) is 19.7 Å². The average Bonchev–Trinajstić information content (AvgIpc) is 2.33. The van der Waals surface area contributed by atoms with Crippen LogP contribution in [0.3, 0.4) is 0 Å². The topological polar surface area (TPSA) is 17.1 Å². The number of aryl methyl sites for hydroxylation is 1. The fourth-order valence-electron chi connectivity index (χ4n) is 2.44. The highest BCUT2D eigenvalue weighted by Gasteiger charge is 2.37. The van der Waals surface area contributed by atoms with E-state index in [1.807, 2.05) is 19.9 Å². The number of hydrogen-bond acceptors (Lipinski definition) is 1. The van der Waals surface area contributed by atoms with Crippen molar-refractivity contribution in [2.24, 2.45) is 0 Å². The van der Waals surface area contributed by atoms with Gasteiger partial charge in [-0.05, 0) is 36.0 Å². The van der Waals surface area contributed by atoms with Crippen molar-refractivity contribution in [2.45, 2.75) is 39.5 Å². The van der Waals surface area contributed by atoms with Crippen LogP contribution in [0.25, 0.3) is 0 Å². The van der Waals surface area contributed by atoms with Crippen molar-refractivity contribution in [1.82, 2.24) is 0 Å². The maximum atomic E-state index is 13.7. The highest BCUT2D eigenvalue weighted by molar-refractivity contribution is 6.03. The molecule has 0 aliphatic heterocycles. The lowest BCUT2D eigenvalue weighted by atomic mass is 9.85. The summed E-state index contributed by atoms with van der Waals surface area (Å²) in [6, 6.07) is 1.82. The van der Waals surface area contributed by atoms with Crippen LogP contribution in [0.2, 0.25) is 0 Å². The van der Waals surface area contributed by atoms with Gasteiger partial charge in [-0.3, -0.25) is 4.79 Å². The zero-order valence-electron chi connectivity index (χ0n) is 9.57. The number of carbonyl (C=O) groups excluding carboxylic acids is 1. The van der Waals surface area contributed by atoms with Crippen LogP contribution in [0.1, 0.15) is 47.3 Å². The van der Waals surface area contributed by atoms with E-state index in [1.165, 1.54) is 0 Å². The molecule has 1 aromatic carbocycles. The highest BCUT2D eigenvalue weighted by atomic mass is 19.1. The third kappa shape index (κ3) is 1.31. The van der Waals surface area contributed by atoms with Crippen LogP contribution in [0.4, 0.5) is 4.39 Å². The Kier molecular flexibility index (Phi) is 2.00. The van der Waals surface area contributed by atoms with Crippen molar-refractivity contribution in [1.29, 1.82) is 0 Å². The van der Waals surface area contributed by atoms with Crippen molar-refractivity contribution in [2.75, 3.05) is 0 Å². The Hall–Kier alpha value is -1.18. The molecule has 1 aromatic rings. The zero-order chi connectivity index (χ0) is 11.4. The number of halogens is 1. The zero-order valence-corrected chi connectivity index (χ0v) is 9.57. The molecule has 0 unspecified atom stereocenters. The Morgan fingerprint density at radius 2 is 1.93 bits per heavy atom. The Bertz CT molecular complexity index is 458. The number of Topliss-reactive ketones (excluding diaryl/α,β-unsaturated/α-hetero) is 1. The molecule has 1 aliphatic carbocycles. The van der Waals surface area contributed by atoms with Gasteiger partial charge in [0, 0.05) is 12.0 Å². The largest absolute Gasteiger partial charge is 0.294 e. The van der Waals surface area contributed by atoms with Gasteiger partial charge in [-0.25, -0.2) is 4.39 Å². The van der Waals surface area contributed by atoms with Crippen LogP contribution >= 0.6 is 0 Å². The summed E-state index contributed by atoms with van der Waals surface area (Å²) < 4.78 is 13.7. The van der Waals surface area contributed by atoms with Crippen molar-refractivity contribution >= 4 is 5.78 Å². The third-order valence-corrected chi connectivity index (χ3v) is 3.29. The van der Waals surface area contributed by atoms with Gasteiger partial charge >= 0.3 is 0 Å². The molecule has 0 radical (unpaired) electrons. The second-order valence-electron chi connectivity index (χ2n) is 5.04. The van der Waals surface area contributed by atoms with E-state index in [0.29, 0.717) is 23.1 Å². The maximum absolute atomic E-state index is 13.7. The van der Waals surface area contributed by atoms with Crippen molar-refractivity contribution in [3.8, 4) is 0 Å². The fourth-order valence-corrected chi connectivity index (χ4v) is 2.44. The first kappa shape index (κ1) is 10.3. The lowest BCUT2D eigenvalue weighted by Gasteiger charge is -2.19. The van der Waals surface area contributed by atoms with Crippen molar-refractivity contribution < 1.29 is 9.18 Å². The summed E-state index contributed by atoms with van der Waals surface area (Å²) in [6.45, 7) is 7.52. The van der Waals surface area contributed by atoms with E-state index in [2.05, 4.69) is 0 Å². The summed E-state index contributed by atoms with van der Waals surface area (Å²) in [6.07, 6.45) is 0.492. The molecular formula is C13H15FO. The van der Waals surface area contributed by atoms with Gasteiger partial charge in [0.25, 0.3) is 0 Å². The molecule has 0 saturated heterocycles. The Balaban J connectivity index is 2.81. The minimum absolute atomic E-state index is 0.0754. The molecule has 80 valence electrons. The Morgan fingerprint density at radius 1 is 1.33 bits per heavy atom. The third-order valence-electron chi connectivity index (χ3n) is 3.29. The standard InChI is InChI=1S/C13H15FO/c1-7-5-9-11(8(2)12(7)14)10(15)6-13(9,3)4/h5H,6H2,1-4H3. The number of fused-ring (bicyclic) bond motifs is 1. The first-order valence-corrected chi connectivity index (χ1v) is 5.18. The van der Waals surface area contributed by atoms with E-state index in [0.717, 1.165) is 5.56 Å². The van der Waals surface area contributed by atoms with Gasteiger partial charge in [0.1, 0.15) is 5.82 Å². The van der Waals surface area contributed by atoms with E-state index in [9.17, 15) is 9.18 Å². The smallest absolute Gasteiger partial charge is 0.164 e. The molecule has 0 spiro atoms. The number of benzene rings is 1. The van der Waals surface area contributed by atoms with E-state index in [-0.39, 0.29) is 17.0 Å². The Morgan fingerprint density at radius 3 is 2.53 bits per heavy atom. The van der Waals surface area contributed by atoms with Crippen molar-refractivity contribution in [3.05, 3.63) is 34.1 Å². The lowest BCUT2D eigenvalue weighted by molar-refractivity contribution is 0.0978. The number of hydrogen-bond donors (Lipinski definition) is 0. The molecule has 0 saturated carbocycles. The van der Waals surface area contributed by atoms with Crippen LogP contribution in [-0.4, -0.2) is 5.78 Å². The quantitative estimate of drug-likeness (QED) is 0.636. The van der Waals surface area contributed by atoms with E-state index < -0.39 is 0 Å². The SMILES string of the molecule is Cc1cc2c(c(C)c1F)C(=O)CC2(C)C. The minimum Gasteiger partial charge on any atom is -0.294 e. The molecule has 1 aliphatic rings. The highest BCUT2D eigenvalue weighted by Crippen LogP contribution is 2.41. The average molecular weight is 206 g/mol. The number of rotatable bonds is 0. The van der Waals surface area contributed by atoms with Crippen LogP contribution in [0.5, 0.6) is 0 Å². The summed E-state index contributed by atoms with van der Waals surface area (Å²) in [5.74, 6) is -0.161. The monoisotopic (exact) mass is 206 g/mol. The summed E-state index contributed by atoms with van der Waals surface area (Å²) in [4.78, 5) is 11.8. The normalized spacial score (nSPS) is 18.1. The molecule has 1 nitrogen and oxygen atoms in total. The first-order valence-electron chi connectivity index (χ1n) is 5.18.